The van der Waals surface area contributed by atoms with E-state index in [1.807, 2.05) is 0 Å². The molecule has 0 aromatic carbocycles. The van der Waals surface area contributed by atoms with Crippen molar-refractivity contribution in [3.63, 3.8) is 0 Å². The molecule has 2 unspecified atom stereocenters. The Morgan fingerprint density at radius 1 is 1.38 bits per heavy atom. The van der Waals surface area contributed by atoms with E-state index in [1.54, 1.807) is 20.8 Å². The Bertz CT molecular complexity index is 189. The Hall–Kier alpha value is -0.380. The summed E-state index contributed by atoms with van der Waals surface area (Å²) in [4.78, 5) is 22.1. The van der Waals surface area contributed by atoms with Crippen LogP contribution in [-0.2, 0) is 14.3 Å². The number of carbonyl (C=O) groups excluding carboxylic acids is 2. The summed E-state index contributed by atoms with van der Waals surface area (Å²) in [7, 11) is 0. The van der Waals surface area contributed by atoms with E-state index >= 15 is 0 Å². The number of esters is 1. The van der Waals surface area contributed by atoms with Gasteiger partial charge >= 0.3 is 5.97 Å². The SMILES string of the molecule is CCOC(=O)C(C)CC(=O)C(C)Br. The van der Waals surface area contributed by atoms with E-state index < -0.39 is 0 Å². The number of rotatable bonds is 5. The second-order valence-corrected chi connectivity index (χ2v) is 4.31. The van der Waals surface area contributed by atoms with Crippen LogP contribution in [-0.4, -0.2) is 23.2 Å². The third-order valence-corrected chi connectivity index (χ3v) is 2.15. The number of ether oxygens (including phenoxy) is 1. The molecule has 0 rings (SSSR count). The van der Waals surface area contributed by atoms with Crippen molar-refractivity contribution in [1.82, 2.24) is 0 Å². The highest BCUT2D eigenvalue weighted by Crippen LogP contribution is 2.10. The van der Waals surface area contributed by atoms with Crippen molar-refractivity contribution in [2.75, 3.05) is 6.61 Å². The van der Waals surface area contributed by atoms with Crippen molar-refractivity contribution in [2.45, 2.75) is 32.0 Å². The van der Waals surface area contributed by atoms with Crippen molar-refractivity contribution >= 4 is 27.7 Å². The highest BCUT2D eigenvalue weighted by atomic mass is 79.9. The molecule has 0 amide bonds. The lowest BCUT2D eigenvalue weighted by Crippen LogP contribution is -2.21. The molecule has 0 bridgehead atoms. The Morgan fingerprint density at radius 3 is 2.31 bits per heavy atom. The van der Waals surface area contributed by atoms with E-state index in [0.29, 0.717) is 6.61 Å². The average molecular weight is 251 g/mol. The van der Waals surface area contributed by atoms with Gasteiger partial charge in [-0.2, -0.15) is 0 Å². The zero-order chi connectivity index (χ0) is 10.4. The molecule has 0 aromatic heterocycles. The van der Waals surface area contributed by atoms with Gasteiger partial charge in [0.15, 0.2) is 0 Å². The van der Waals surface area contributed by atoms with E-state index in [0.717, 1.165) is 0 Å². The molecule has 0 saturated heterocycles. The highest BCUT2D eigenvalue weighted by molar-refractivity contribution is 9.10. The predicted molar refractivity (Wildman–Crippen MR) is 53.8 cm³/mol. The van der Waals surface area contributed by atoms with Crippen molar-refractivity contribution in [3.05, 3.63) is 0 Å². The standard InChI is InChI=1S/C9H15BrO3/c1-4-13-9(12)6(2)5-8(11)7(3)10/h6-7H,4-5H2,1-3H3. The number of hydrogen-bond donors (Lipinski definition) is 0. The van der Waals surface area contributed by atoms with Crippen LogP contribution in [0.25, 0.3) is 0 Å². The number of alkyl halides is 1. The predicted octanol–water partition coefficient (Wildman–Crippen LogP) is 1.93. The van der Waals surface area contributed by atoms with Crippen molar-refractivity contribution < 1.29 is 14.3 Å². The maximum Gasteiger partial charge on any atom is 0.309 e. The van der Waals surface area contributed by atoms with E-state index in [-0.39, 0.29) is 28.9 Å². The van der Waals surface area contributed by atoms with Gasteiger partial charge in [0.05, 0.1) is 17.4 Å². The van der Waals surface area contributed by atoms with Crippen LogP contribution in [0.4, 0.5) is 0 Å². The number of Topliss-reactive ketones (excluding diaryl/α,β-unsaturated/α-hetero) is 1. The van der Waals surface area contributed by atoms with Gasteiger partial charge in [0.25, 0.3) is 0 Å². The fraction of sp³-hybridized carbons (Fsp3) is 0.778. The molecule has 2 atom stereocenters. The topological polar surface area (TPSA) is 43.4 Å². The fourth-order valence-corrected chi connectivity index (χ4v) is 1.02. The van der Waals surface area contributed by atoms with Gasteiger partial charge in [-0.1, -0.05) is 22.9 Å². The molecule has 76 valence electrons. The minimum absolute atomic E-state index is 0.0283. The monoisotopic (exact) mass is 250 g/mol. The zero-order valence-electron chi connectivity index (χ0n) is 8.17. The molecule has 0 aliphatic rings. The van der Waals surface area contributed by atoms with Crippen LogP contribution in [0.1, 0.15) is 27.2 Å². The molecule has 0 heterocycles. The van der Waals surface area contributed by atoms with Crippen molar-refractivity contribution in [3.8, 4) is 0 Å². The number of carbonyl (C=O) groups is 2. The summed E-state index contributed by atoms with van der Waals surface area (Å²) in [5, 5.41) is 0. The van der Waals surface area contributed by atoms with E-state index in [1.165, 1.54) is 0 Å². The second-order valence-electron chi connectivity index (χ2n) is 2.94. The molecule has 0 saturated carbocycles. The summed E-state index contributed by atoms with van der Waals surface area (Å²) in [6.45, 7) is 5.56. The first-order valence-corrected chi connectivity index (χ1v) is 5.24. The first kappa shape index (κ1) is 12.6. The Kier molecular flexibility index (Phi) is 5.95. The van der Waals surface area contributed by atoms with Crippen LogP contribution in [0.2, 0.25) is 0 Å². The number of halogens is 1. The minimum atomic E-state index is -0.340. The van der Waals surface area contributed by atoms with E-state index in [4.69, 9.17) is 4.74 Å². The number of ketones is 1. The van der Waals surface area contributed by atoms with Gasteiger partial charge in [-0.05, 0) is 13.8 Å². The van der Waals surface area contributed by atoms with Gasteiger partial charge in [-0.25, -0.2) is 0 Å². The van der Waals surface area contributed by atoms with Gasteiger partial charge in [0, 0.05) is 6.42 Å². The van der Waals surface area contributed by atoms with Gasteiger partial charge in [0.1, 0.15) is 5.78 Å². The lowest BCUT2D eigenvalue weighted by Gasteiger charge is -2.10. The summed E-state index contributed by atoms with van der Waals surface area (Å²) >= 11 is 3.15. The van der Waals surface area contributed by atoms with Crippen LogP contribution in [0, 0.1) is 5.92 Å². The second kappa shape index (κ2) is 6.13. The highest BCUT2D eigenvalue weighted by Gasteiger charge is 2.19. The Balaban J connectivity index is 3.92. The zero-order valence-corrected chi connectivity index (χ0v) is 9.76. The van der Waals surface area contributed by atoms with Gasteiger partial charge in [0.2, 0.25) is 0 Å². The van der Waals surface area contributed by atoms with Crippen molar-refractivity contribution in [1.29, 1.82) is 0 Å². The van der Waals surface area contributed by atoms with Crippen LogP contribution in [0.3, 0.4) is 0 Å². The molecule has 0 spiro atoms. The summed E-state index contributed by atoms with van der Waals surface area (Å²) in [6.07, 6.45) is 0.241. The summed E-state index contributed by atoms with van der Waals surface area (Å²) in [5.41, 5.74) is 0. The summed E-state index contributed by atoms with van der Waals surface area (Å²) < 4.78 is 4.78. The summed E-state index contributed by atoms with van der Waals surface area (Å²) in [5.74, 6) is -0.614. The molecular weight excluding hydrogens is 236 g/mol. The first-order chi connectivity index (χ1) is 5.99. The molecule has 0 radical (unpaired) electrons. The molecule has 13 heavy (non-hydrogen) atoms. The van der Waals surface area contributed by atoms with Crippen LogP contribution < -0.4 is 0 Å². The number of hydrogen-bond acceptors (Lipinski definition) is 3. The molecular formula is C9H15BrO3. The first-order valence-electron chi connectivity index (χ1n) is 4.32. The lowest BCUT2D eigenvalue weighted by molar-refractivity contribution is -0.148. The molecule has 0 aliphatic heterocycles. The van der Waals surface area contributed by atoms with Gasteiger partial charge in [-0.15, -0.1) is 0 Å². The third-order valence-electron chi connectivity index (χ3n) is 1.64. The lowest BCUT2D eigenvalue weighted by atomic mass is 10.0. The van der Waals surface area contributed by atoms with Crippen LogP contribution in [0.15, 0.2) is 0 Å². The van der Waals surface area contributed by atoms with Crippen LogP contribution in [0.5, 0.6) is 0 Å². The molecule has 0 aromatic rings. The van der Waals surface area contributed by atoms with Gasteiger partial charge < -0.3 is 4.74 Å². The van der Waals surface area contributed by atoms with Gasteiger partial charge in [-0.3, -0.25) is 9.59 Å². The fourth-order valence-electron chi connectivity index (χ4n) is 0.832. The quantitative estimate of drug-likeness (QED) is 0.554. The smallest absolute Gasteiger partial charge is 0.309 e. The third kappa shape index (κ3) is 5.03. The normalized spacial score (nSPS) is 14.8. The van der Waals surface area contributed by atoms with E-state index in [2.05, 4.69) is 15.9 Å². The average Bonchev–Trinajstić information content (AvgIpc) is 2.04. The molecule has 4 heteroatoms. The molecule has 0 fully saturated rings. The van der Waals surface area contributed by atoms with E-state index in [9.17, 15) is 9.59 Å². The van der Waals surface area contributed by atoms with Crippen LogP contribution >= 0.6 is 15.9 Å². The Labute approximate surface area is 87.0 Å². The molecule has 0 N–H and O–H groups in total. The molecule has 3 nitrogen and oxygen atoms in total. The maximum absolute atomic E-state index is 11.2. The minimum Gasteiger partial charge on any atom is -0.466 e. The summed E-state index contributed by atoms with van der Waals surface area (Å²) in [6, 6.07) is 0. The van der Waals surface area contributed by atoms with Crippen molar-refractivity contribution in [2.24, 2.45) is 5.92 Å². The largest absolute Gasteiger partial charge is 0.466 e. The molecule has 0 aliphatic carbocycles. The Morgan fingerprint density at radius 2 is 1.92 bits per heavy atom. The maximum atomic E-state index is 11.2.